The van der Waals surface area contributed by atoms with Gasteiger partial charge in [0.1, 0.15) is 0 Å². The van der Waals surface area contributed by atoms with E-state index in [0.717, 1.165) is 25.0 Å². The molecule has 1 aromatic rings. The summed E-state index contributed by atoms with van der Waals surface area (Å²) in [5.74, 6) is 0.413. The van der Waals surface area contributed by atoms with Crippen LogP contribution in [0.3, 0.4) is 0 Å². The lowest BCUT2D eigenvalue weighted by Crippen LogP contribution is -2.16. The molecule has 1 aliphatic carbocycles. The Labute approximate surface area is 110 Å². The van der Waals surface area contributed by atoms with Crippen LogP contribution in [0.1, 0.15) is 29.8 Å². The summed E-state index contributed by atoms with van der Waals surface area (Å²) in [5.41, 5.74) is 1.07. The van der Waals surface area contributed by atoms with Gasteiger partial charge in [-0.1, -0.05) is 0 Å². The van der Waals surface area contributed by atoms with Crippen molar-refractivity contribution in [3.63, 3.8) is 0 Å². The van der Waals surface area contributed by atoms with Gasteiger partial charge >= 0.3 is 0 Å². The Morgan fingerprint density at radius 3 is 2.82 bits per heavy atom. The van der Waals surface area contributed by atoms with Crippen molar-refractivity contribution in [2.75, 3.05) is 16.4 Å². The highest BCUT2D eigenvalue weighted by atomic mass is 35.5. The second kappa shape index (κ2) is 5.54. The van der Waals surface area contributed by atoms with Gasteiger partial charge < -0.3 is 0 Å². The highest BCUT2D eigenvalue weighted by molar-refractivity contribution is 7.92. The third-order valence-electron chi connectivity index (χ3n) is 2.64. The summed E-state index contributed by atoms with van der Waals surface area (Å²) >= 11 is 6.95. The summed E-state index contributed by atoms with van der Waals surface area (Å²) < 4.78 is 25.9. The maximum absolute atomic E-state index is 11.7. The first-order valence-corrected chi connectivity index (χ1v) is 8.66. The molecule has 0 atom stereocenters. The topological polar surface area (TPSA) is 59.1 Å². The molecule has 0 spiro atoms. The molecule has 0 bridgehead atoms. The van der Waals surface area contributed by atoms with Crippen LogP contribution in [0, 0.1) is 0 Å². The monoisotopic (exact) mass is 294 g/mol. The number of nitrogens with zero attached hydrogens (tertiary/aromatic N) is 1. The fraction of sp³-hybridized carbons (Fsp3) is 0.700. The molecule has 0 radical (unpaired) electrons. The largest absolute Gasteiger partial charge is 0.259 e. The second-order valence-electron chi connectivity index (χ2n) is 4.06. The van der Waals surface area contributed by atoms with Crippen LogP contribution in [-0.2, 0) is 22.9 Å². The zero-order valence-corrected chi connectivity index (χ0v) is 11.8. The summed E-state index contributed by atoms with van der Waals surface area (Å²) in [6.45, 7) is 0. The van der Waals surface area contributed by atoms with Crippen molar-refractivity contribution in [3.8, 4) is 0 Å². The molecule has 0 aromatic carbocycles. The minimum Gasteiger partial charge on any atom is -0.259 e. The molecule has 4 nitrogen and oxygen atoms in total. The number of rotatable bonds is 5. The third-order valence-corrected chi connectivity index (χ3v) is 5.43. The molecule has 96 valence electrons. The molecule has 1 heterocycles. The first-order valence-electron chi connectivity index (χ1n) is 5.66. The molecule has 1 N–H and O–H groups in total. The second-order valence-corrected chi connectivity index (χ2v) is 7.36. The highest BCUT2D eigenvalue weighted by Gasteiger charge is 2.18. The number of thiazole rings is 1. The Balaban J connectivity index is 2.06. The van der Waals surface area contributed by atoms with E-state index in [9.17, 15) is 8.42 Å². The predicted molar refractivity (Wildman–Crippen MR) is 71.5 cm³/mol. The third kappa shape index (κ3) is 3.56. The fourth-order valence-electron chi connectivity index (χ4n) is 1.82. The Kier molecular flexibility index (Phi) is 4.27. The van der Waals surface area contributed by atoms with Crippen LogP contribution in [0.4, 0.5) is 5.13 Å². The van der Waals surface area contributed by atoms with Gasteiger partial charge in [0, 0.05) is 10.8 Å². The number of fused-ring (bicyclic) bond motifs is 1. The number of aromatic nitrogens is 1. The summed E-state index contributed by atoms with van der Waals surface area (Å²) in [4.78, 5) is 5.57. The standard InChI is InChI=1S/C10H15ClN2O2S2/c11-6-3-7-17(14,15)13-10-12-8-4-1-2-5-9(8)16-10/h1-7H2,(H,12,13). The molecular formula is C10H15ClN2O2S2. The van der Waals surface area contributed by atoms with E-state index in [1.807, 2.05) is 0 Å². The first kappa shape index (κ1) is 13.1. The van der Waals surface area contributed by atoms with Crippen LogP contribution in [-0.4, -0.2) is 25.0 Å². The summed E-state index contributed by atoms with van der Waals surface area (Å²) in [6, 6.07) is 0. The summed E-state index contributed by atoms with van der Waals surface area (Å²) in [7, 11) is -3.28. The van der Waals surface area contributed by atoms with E-state index in [1.165, 1.54) is 22.6 Å². The highest BCUT2D eigenvalue weighted by Crippen LogP contribution is 2.29. The van der Waals surface area contributed by atoms with E-state index >= 15 is 0 Å². The number of alkyl halides is 1. The molecule has 2 rings (SSSR count). The quantitative estimate of drug-likeness (QED) is 0.848. The van der Waals surface area contributed by atoms with Crippen LogP contribution >= 0.6 is 22.9 Å². The van der Waals surface area contributed by atoms with Crippen molar-refractivity contribution in [1.29, 1.82) is 0 Å². The lowest BCUT2D eigenvalue weighted by molar-refractivity contribution is 0.600. The average Bonchev–Trinajstić information content (AvgIpc) is 2.67. The number of halogens is 1. The smallest absolute Gasteiger partial charge is 0.234 e. The van der Waals surface area contributed by atoms with Crippen molar-refractivity contribution in [1.82, 2.24) is 4.98 Å². The minimum atomic E-state index is -3.28. The Hall–Kier alpha value is -0.330. The number of anilines is 1. The zero-order valence-electron chi connectivity index (χ0n) is 9.41. The van der Waals surface area contributed by atoms with E-state index in [0.29, 0.717) is 17.4 Å². The normalized spacial score (nSPS) is 15.6. The molecule has 0 amide bonds. The number of hydrogen-bond donors (Lipinski definition) is 1. The number of nitrogens with one attached hydrogen (secondary N) is 1. The van der Waals surface area contributed by atoms with E-state index in [1.54, 1.807) is 0 Å². The molecule has 0 fully saturated rings. The van der Waals surface area contributed by atoms with Gasteiger partial charge in [0.2, 0.25) is 10.0 Å². The Morgan fingerprint density at radius 2 is 2.12 bits per heavy atom. The van der Waals surface area contributed by atoms with Crippen LogP contribution in [0.5, 0.6) is 0 Å². The minimum absolute atomic E-state index is 0.0563. The molecule has 0 aliphatic heterocycles. The van der Waals surface area contributed by atoms with Crippen molar-refractivity contribution < 1.29 is 8.42 Å². The van der Waals surface area contributed by atoms with Gasteiger partial charge in [0.25, 0.3) is 0 Å². The Bertz CT molecular complexity index is 461. The van der Waals surface area contributed by atoms with E-state index in [2.05, 4.69) is 9.71 Å². The number of hydrogen-bond acceptors (Lipinski definition) is 4. The lowest BCUT2D eigenvalue weighted by atomic mass is 10.0. The SMILES string of the molecule is O=S(=O)(CCCCl)Nc1nc2c(s1)CCCC2. The van der Waals surface area contributed by atoms with Gasteiger partial charge in [-0.25, -0.2) is 13.4 Å². The van der Waals surface area contributed by atoms with Crippen molar-refractivity contribution >= 4 is 38.1 Å². The summed E-state index contributed by atoms with van der Waals surface area (Å²) in [6.07, 6.45) is 4.77. The van der Waals surface area contributed by atoms with Crippen LogP contribution in [0.15, 0.2) is 0 Å². The average molecular weight is 295 g/mol. The maximum atomic E-state index is 11.7. The molecule has 0 saturated carbocycles. The van der Waals surface area contributed by atoms with E-state index < -0.39 is 10.0 Å². The Morgan fingerprint density at radius 1 is 1.35 bits per heavy atom. The molecule has 0 saturated heterocycles. The molecule has 1 aromatic heterocycles. The zero-order chi connectivity index (χ0) is 12.3. The molecule has 0 unspecified atom stereocenters. The maximum Gasteiger partial charge on any atom is 0.234 e. The van der Waals surface area contributed by atoms with Gasteiger partial charge in [-0.05, 0) is 32.1 Å². The predicted octanol–water partition coefficient (Wildman–Crippen LogP) is 2.39. The van der Waals surface area contributed by atoms with Crippen molar-refractivity contribution in [3.05, 3.63) is 10.6 Å². The van der Waals surface area contributed by atoms with Gasteiger partial charge in [0.05, 0.1) is 11.4 Å². The molecular weight excluding hydrogens is 280 g/mol. The molecule has 1 aliphatic rings. The molecule has 17 heavy (non-hydrogen) atoms. The van der Waals surface area contributed by atoms with Crippen molar-refractivity contribution in [2.24, 2.45) is 0 Å². The van der Waals surface area contributed by atoms with E-state index in [-0.39, 0.29) is 5.75 Å². The fourth-order valence-corrected chi connectivity index (χ4v) is 4.50. The van der Waals surface area contributed by atoms with Gasteiger partial charge in [-0.3, -0.25) is 4.72 Å². The number of sulfonamides is 1. The van der Waals surface area contributed by atoms with Crippen LogP contribution < -0.4 is 4.72 Å². The van der Waals surface area contributed by atoms with Crippen LogP contribution in [0.25, 0.3) is 0 Å². The van der Waals surface area contributed by atoms with E-state index in [4.69, 9.17) is 11.6 Å². The number of aryl methyl sites for hydroxylation is 2. The summed E-state index contributed by atoms with van der Waals surface area (Å²) in [5, 5.41) is 0.506. The van der Waals surface area contributed by atoms with Crippen molar-refractivity contribution in [2.45, 2.75) is 32.1 Å². The first-order chi connectivity index (χ1) is 8.11. The molecule has 7 heteroatoms. The van der Waals surface area contributed by atoms with Gasteiger partial charge in [-0.2, -0.15) is 0 Å². The lowest BCUT2D eigenvalue weighted by Gasteiger charge is -2.06. The van der Waals surface area contributed by atoms with Gasteiger partial charge in [0.15, 0.2) is 5.13 Å². The van der Waals surface area contributed by atoms with Crippen LogP contribution in [0.2, 0.25) is 0 Å². The van der Waals surface area contributed by atoms with Gasteiger partial charge in [-0.15, -0.1) is 22.9 Å².